The van der Waals surface area contributed by atoms with E-state index in [1.165, 1.54) is 6.07 Å². The Balaban J connectivity index is 2.05. The van der Waals surface area contributed by atoms with E-state index in [1.807, 2.05) is 0 Å². The molecular weight excluding hydrogens is 200 g/mol. The Morgan fingerprint density at radius 1 is 1.53 bits per heavy atom. The van der Waals surface area contributed by atoms with E-state index in [1.54, 1.807) is 13.0 Å². The van der Waals surface area contributed by atoms with E-state index in [9.17, 15) is 8.78 Å². The van der Waals surface area contributed by atoms with Crippen LogP contribution in [0.5, 0.6) is 0 Å². The Morgan fingerprint density at radius 3 is 2.87 bits per heavy atom. The van der Waals surface area contributed by atoms with E-state index in [4.69, 9.17) is 4.42 Å². The largest absolute Gasteiger partial charge is 0.460 e. The van der Waals surface area contributed by atoms with Gasteiger partial charge >= 0.3 is 5.92 Å². The third kappa shape index (κ3) is 2.37. The predicted molar refractivity (Wildman–Crippen MR) is 52.9 cm³/mol. The van der Waals surface area contributed by atoms with Gasteiger partial charge in [0, 0.05) is 6.42 Å². The summed E-state index contributed by atoms with van der Waals surface area (Å²) in [5, 5.41) is 3.09. The smallest absolute Gasteiger partial charge is 0.304 e. The van der Waals surface area contributed by atoms with Gasteiger partial charge in [0.15, 0.2) is 5.76 Å². The molecule has 2 heterocycles. The van der Waals surface area contributed by atoms with Crippen LogP contribution in [0.15, 0.2) is 16.5 Å². The number of rotatable bonds is 3. The molecule has 1 aromatic rings. The van der Waals surface area contributed by atoms with Crippen molar-refractivity contribution >= 4 is 0 Å². The maximum absolute atomic E-state index is 13.7. The summed E-state index contributed by atoms with van der Waals surface area (Å²) in [6.07, 6.45) is 0.711. The molecule has 1 aromatic heterocycles. The highest BCUT2D eigenvalue weighted by Gasteiger charge is 2.38. The van der Waals surface area contributed by atoms with Gasteiger partial charge in [0.1, 0.15) is 5.76 Å². The third-order valence-electron chi connectivity index (χ3n) is 2.81. The summed E-state index contributed by atoms with van der Waals surface area (Å²) in [7, 11) is 0. The number of aryl methyl sites for hydroxylation is 1. The Morgan fingerprint density at radius 2 is 2.33 bits per heavy atom. The SMILES string of the molecule is Cc1ccc(C(F)(F)CC2CCNC2)o1. The van der Waals surface area contributed by atoms with Crippen LogP contribution in [0.4, 0.5) is 8.78 Å². The zero-order valence-corrected chi connectivity index (χ0v) is 8.72. The topological polar surface area (TPSA) is 25.2 Å². The second-order valence-corrected chi connectivity index (χ2v) is 4.18. The minimum absolute atomic E-state index is 0.0606. The van der Waals surface area contributed by atoms with Gasteiger partial charge in [-0.05, 0) is 44.5 Å². The van der Waals surface area contributed by atoms with Crippen LogP contribution < -0.4 is 5.32 Å². The summed E-state index contributed by atoms with van der Waals surface area (Å²) in [6, 6.07) is 2.95. The Labute approximate surface area is 87.7 Å². The van der Waals surface area contributed by atoms with E-state index < -0.39 is 5.92 Å². The summed E-state index contributed by atoms with van der Waals surface area (Å²) >= 11 is 0. The molecule has 4 heteroatoms. The number of nitrogens with one attached hydrogen (secondary N) is 1. The molecule has 0 amide bonds. The lowest BCUT2D eigenvalue weighted by molar-refractivity contribution is -0.0469. The first-order chi connectivity index (χ1) is 7.08. The highest BCUT2D eigenvalue weighted by Crippen LogP contribution is 2.37. The normalized spacial score (nSPS) is 22.2. The van der Waals surface area contributed by atoms with Crippen molar-refractivity contribution in [3.05, 3.63) is 23.7 Å². The van der Waals surface area contributed by atoms with Gasteiger partial charge in [-0.25, -0.2) is 0 Å². The number of halogens is 2. The lowest BCUT2D eigenvalue weighted by Crippen LogP contribution is -2.19. The first-order valence-corrected chi connectivity index (χ1v) is 5.23. The first kappa shape index (κ1) is 10.6. The Hall–Kier alpha value is -0.900. The first-order valence-electron chi connectivity index (χ1n) is 5.23. The van der Waals surface area contributed by atoms with Gasteiger partial charge in [0.05, 0.1) is 0 Å². The van der Waals surface area contributed by atoms with Crippen LogP contribution in [-0.2, 0) is 5.92 Å². The summed E-state index contributed by atoms with van der Waals surface area (Å²) in [5.41, 5.74) is 0. The molecule has 2 nitrogen and oxygen atoms in total. The monoisotopic (exact) mass is 215 g/mol. The zero-order chi connectivity index (χ0) is 10.9. The van der Waals surface area contributed by atoms with Gasteiger partial charge in [0.2, 0.25) is 0 Å². The lowest BCUT2D eigenvalue weighted by Gasteiger charge is -2.17. The van der Waals surface area contributed by atoms with Crippen molar-refractivity contribution in [2.24, 2.45) is 5.92 Å². The summed E-state index contributed by atoms with van der Waals surface area (Å²) in [5.74, 6) is -2.43. The van der Waals surface area contributed by atoms with Gasteiger partial charge in [0.25, 0.3) is 0 Å². The minimum Gasteiger partial charge on any atom is -0.460 e. The standard InChI is InChI=1S/C11H15F2NO/c1-8-2-3-10(15-8)11(12,13)6-9-4-5-14-7-9/h2-3,9,14H,4-7H2,1H3. The highest BCUT2D eigenvalue weighted by molar-refractivity contribution is 5.11. The van der Waals surface area contributed by atoms with Gasteiger partial charge in [-0.15, -0.1) is 0 Å². The van der Waals surface area contributed by atoms with Gasteiger partial charge in [-0.3, -0.25) is 0 Å². The average Bonchev–Trinajstić information content (AvgIpc) is 2.75. The fraction of sp³-hybridized carbons (Fsp3) is 0.636. The molecule has 1 aliphatic heterocycles. The highest BCUT2D eigenvalue weighted by atomic mass is 19.3. The van der Waals surface area contributed by atoms with Gasteiger partial charge in [-0.1, -0.05) is 0 Å². The van der Waals surface area contributed by atoms with E-state index in [-0.39, 0.29) is 18.1 Å². The molecule has 0 aromatic carbocycles. The van der Waals surface area contributed by atoms with Crippen LogP contribution in [0.1, 0.15) is 24.4 Å². The fourth-order valence-electron chi connectivity index (χ4n) is 1.98. The molecule has 1 fully saturated rings. The van der Waals surface area contributed by atoms with Gasteiger partial charge in [-0.2, -0.15) is 8.78 Å². The predicted octanol–water partition coefficient (Wildman–Crippen LogP) is 2.68. The fourth-order valence-corrected chi connectivity index (χ4v) is 1.98. The Kier molecular flexibility index (Phi) is 2.78. The molecule has 0 radical (unpaired) electrons. The van der Waals surface area contributed by atoms with Crippen molar-refractivity contribution in [1.29, 1.82) is 0 Å². The molecule has 1 saturated heterocycles. The van der Waals surface area contributed by atoms with E-state index in [2.05, 4.69) is 5.32 Å². The quantitative estimate of drug-likeness (QED) is 0.838. The molecule has 15 heavy (non-hydrogen) atoms. The lowest BCUT2D eigenvalue weighted by atomic mass is 9.99. The Bertz CT molecular complexity index is 329. The number of hydrogen-bond acceptors (Lipinski definition) is 2. The van der Waals surface area contributed by atoms with Crippen LogP contribution >= 0.6 is 0 Å². The number of hydrogen-bond donors (Lipinski definition) is 1. The van der Waals surface area contributed by atoms with Crippen molar-refractivity contribution in [3.63, 3.8) is 0 Å². The summed E-state index contributed by atoms with van der Waals surface area (Å²) < 4.78 is 32.4. The third-order valence-corrected chi connectivity index (χ3v) is 2.81. The van der Waals surface area contributed by atoms with Crippen molar-refractivity contribution < 1.29 is 13.2 Å². The molecule has 0 saturated carbocycles. The van der Waals surface area contributed by atoms with Crippen molar-refractivity contribution in [2.45, 2.75) is 25.7 Å². The maximum atomic E-state index is 13.7. The molecular formula is C11H15F2NO. The van der Waals surface area contributed by atoms with Crippen LogP contribution in [0.3, 0.4) is 0 Å². The maximum Gasteiger partial charge on any atom is 0.304 e. The molecule has 1 atom stereocenters. The van der Waals surface area contributed by atoms with Crippen molar-refractivity contribution in [2.75, 3.05) is 13.1 Å². The van der Waals surface area contributed by atoms with Gasteiger partial charge < -0.3 is 9.73 Å². The second-order valence-electron chi connectivity index (χ2n) is 4.18. The van der Waals surface area contributed by atoms with E-state index >= 15 is 0 Å². The average molecular weight is 215 g/mol. The zero-order valence-electron chi connectivity index (χ0n) is 8.72. The summed E-state index contributed by atoms with van der Waals surface area (Å²) in [4.78, 5) is 0. The molecule has 1 N–H and O–H groups in total. The number of furan rings is 1. The molecule has 2 rings (SSSR count). The minimum atomic E-state index is -2.83. The van der Waals surface area contributed by atoms with E-state index in [0.717, 1.165) is 13.0 Å². The molecule has 1 aliphatic rings. The molecule has 84 valence electrons. The second kappa shape index (κ2) is 3.93. The molecule has 0 aliphatic carbocycles. The van der Waals surface area contributed by atoms with Crippen molar-refractivity contribution in [3.8, 4) is 0 Å². The van der Waals surface area contributed by atoms with Crippen molar-refractivity contribution in [1.82, 2.24) is 5.32 Å². The molecule has 1 unspecified atom stereocenters. The molecule has 0 spiro atoms. The van der Waals surface area contributed by atoms with Crippen LogP contribution in [-0.4, -0.2) is 13.1 Å². The van der Waals surface area contributed by atoms with Crippen LogP contribution in [0, 0.1) is 12.8 Å². The number of alkyl halides is 2. The van der Waals surface area contributed by atoms with Crippen LogP contribution in [0.25, 0.3) is 0 Å². The van der Waals surface area contributed by atoms with E-state index in [0.29, 0.717) is 12.3 Å². The van der Waals surface area contributed by atoms with Crippen LogP contribution in [0.2, 0.25) is 0 Å². The summed E-state index contributed by atoms with van der Waals surface area (Å²) in [6.45, 7) is 3.21. The molecule has 0 bridgehead atoms.